The van der Waals surface area contributed by atoms with Crippen molar-refractivity contribution in [3.8, 4) is 0 Å². The van der Waals surface area contributed by atoms with E-state index in [1.165, 1.54) is 17.7 Å². The predicted molar refractivity (Wildman–Crippen MR) is 96.0 cm³/mol. The van der Waals surface area contributed by atoms with E-state index < -0.39 is 5.82 Å². The summed E-state index contributed by atoms with van der Waals surface area (Å²) in [5, 5.41) is 11.5. The van der Waals surface area contributed by atoms with E-state index in [1.807, 2.05) is 30.3 Å². The molecule has 4 heteroatoms. The summed E-state index contributed by atoms with van der Waals surface area (Å²) in [5.74, 6) is -0.942. The van der Waals surface area contributed by atoms with E-state index in [0.717, 1.165) is 12.0 Å². The maximum Gasteiger partial charge on any atom is 0.255 e. The van der Waals surface area contributed by atoms with Crippen molar-refractivity contribution in [2.75, 3.05) is 5.32 Å². The first-order valence-corrected chi connectivity index (χ1v) is 7.99. The molecule has 0 fully saturated rings. The lowest BCUT2D eigenvalue weighted by Crippen LogP contribution is -2.13. The van der Waals surface area contributed by atoms with Gasteiger partial charge in [0.05, 0.1) is 12.3 Å². The molecule has 0 unspecified atom stereocenters. The van der Waals surface area contributed by atoms with Crippen molar-refractivity contribution in [1.29, 1.82) is 0 Å². The number of halogens is 1. The summed E-state index contributed by atoms with van der Waals surface area (Å²) < 4.78 is 13.9. The highest BCUT2D eigenvalue weighted by Gasteiger charge is 2.10. The van der Waals surface area contributed by atoms with E-state index in [9.17, 15) is 9.18 Å². The first kappa shape index (κ1) is 16.9. The molecule has 0 aliphatic rings. The van der Waals surface area contributed by atoms with Crippen molar-refractivity contribution < 1.29 is 14.3 Å². The summed E-state index contributed by atoms with van der Waals surface area (Å²) in [6, 6.07) is 21.5. The van der Waals surface area contributed by atoms with Gasteiger partial charge < -0.3 is 10.4 Å². The normalized spacial score (nSPS) is 10.5. The molecule has 0 saturated heterocycles. The van der Waals surface area contributed by atoms with E-state index in [-0.39, 0.29) is 18.2 Å². The minimum absolute atomic E-state index is 0.0931. The van der Waals surface area contributed by atoms with Gasteiger partial charge in [-0.1, -0.05) is 48.5 Å². The van der Waals surface area contributed by atoms with Crippen LogP contribution in [0.1, 0.15) is 27.0 Å². The number of aliphatic hydroxyl groups is 1. The number of carbonyl (C=O) groups is 1. The Balaban J connectivity index is 1.68. The number of carbonyl (C=O) groups excluding carboxylic acids is 1. The molecular formula is C21H18FNO2. The topological polar surface area (TPSA) is 49.3 Å². The fourth-order valence-corrected chi connectivity index (χ4v) is 2.56. The zero-order valence-electron chi connectivity index (χ0n) is 13.6. The lowest BCUT2D eigenvalue weighted by molar-refractivity contribution is 0.102. The first-order valence-electron chi connectivity index (χ1n) is 7.99. The molecule has 0 heterocycles. The van der Waals surface area contributed by atoms with Crippen LogP contribution in [-0.4, -0.2) is 11.0 Å². The van der Waals surface area contributed by atoms with Gasteiger partial charge in [0, 0.05) is 5.56 Å². The quantitative estimate of drug-likeness (QED) is 0.735. The maximum absolute atomic E-state index is 13.9. The van der Waals surface area contributed by atoms with Crippen molar-refractivity contribution in [3.63, 3.8) is 0 Å². The van der Waals surface area contributed by atoms with Crippen LogP contribution >= 0.6 is 0 Å². The number of nitrogens with one attached hydrogen (secondary N) is 1. The second-order valence-electron chi connectivity index (χ2n) is 5.79. The van der Waals surface area contributed by atoms with Gasteiger partial charge >= 0.3 is 0 Å². The number of hydrogen-bond donors (Lipinski definition) is 2. The molecule has 2 N–H and O–H groups in total. The molecule has 0 aliphatic carbocycles. The summed E-state index contributed by atoms with van der Waals surface area (Å²) in [4.78, 5) is 12.3. The van der Waals surface area contributed by atoms with Crippen molar-refractivity contribution in [3.05, 3.63) is 101 Å². The molecule has 3 aromatic rings. The van der Waals surface area contributed by atoms with Crippen LogP contribution in [-0.2, 0) is 13.0 Å². The molecule has 0 radical (unpaired) electrons. The van der Waals surface area contributed by atoms with Gasteiger partial charge in [0.2, 0.25) is 0 Å². The number of rotatable bonds is 5. The second kappa shape index (κ2) is 7.73. The Morgan fingerprint density at radius 1 is 0.880 bits per heavy atom. The van der Waals surface area contributed by atoms with Crippen molar-refractivity contribution >= 4 is 11.6 Å². The highest BCUT2D eigenvalue weighted by molar-refractivity contribution is 6.04. The van der Waals surface area contributed by atoms with E-state index in [2.05, 4.69) is 17.4 Å². The van der Waals surface area contributed by atoms with Gasteiger partial charge in [-0.15, -0.1) is 0 Å². The number of amides is 1. The van der Waals surface area contributed by atoms with Crippen molar-refractivity contribution in [2.24, 2.45) is 0 Å². The third-order valence-corrected chi connectivity index (χ3v) is 3.93. The summed E-state index contributed by atoms with van der Waals surface area (Å²) in [7, 11) is 0. The number of hydrogen-bond acceptors (Lipinski definition) is 2. The molecule has 0 spiro atoms. The molecule has 0 saturated carbocycles. The lowest BCUT2D eigenvalue weighted by atomic mass is 10.0. The van der Waals surface area contributed by atoms with E-state index in [4.69, 9.17) is 5.11 Å². The minimum Gasteiger partial charge on any atom is -0.392 e. The molecule has 25 heavy (non-hydrogen) atoms. The largest absolute Gasteiger partial charge is 0.392 e. The summed E-state index contributed by atoms with van der Waals surface area (Å²) >= 11 is 0. The van der Waals surface area contributed by atoms with E-state index >= 15 is 0 Å². The Kier molecular flexibility index (Phi) is 5.21. The second-order valence-corrected chi connectivity index (χ2v) is 5.79. The van der Waals surface area contributed by atoms with Crippen LogP contribution in [0.2, 0.25) is 0 Å². The van der Waals surface area contributed by atoms with Gasteiger partial charge in [0.25, 0.3) is 5.91 Å². The number of anilines is 1. The Hall–Kier alpha value is -2.98. The predicted octanol–water partition coefficient (Wildman–Crippen LogP) is 4.16. The third-order valence-electron chi connectivity index (χ3n) is 3.93. The smallest absolute Gasteiger partial charge is 0.255 e. The van der Waals surface area contributed by atoms with Gasteiger partial charge in [-0.3, -0.25) is 4.79 Å². The average molecular weight is 335 g/mol. The van der Waals surface area contributed by atoms with Gasteiger partial charge in [0.1, 0.15) is 5.82 Å². The highest BCUT2D eigenvalue weighted by atomic mass is 19.1. The molecule has 0 atom stereocenters. The SMILES string of the molecule is O=C(Nc1ccc(CO)cc1F)c1ccc(Cc2ccccc2)cc1. The molecule has 1 amide bonds. The van der Waals surface area contributed by atoms with Gasteiger partial charge in [-0.2, -0.15) is 0 Å². The van der Waals surface area contributed by atoms with Gasteiger partial charge in [-0.25, -0.2) is 4.39 Å². The van der Waals surface area contributed by atoms with E-state index in [1.54, 1.807) is 18.2 Å². The number of aliphatic hydroxyl groups excluding tert-OH is 1. The molecular weight excluding hydrogens is 317 g/mol. The summed E-state index contributed by atoms with van der Waals surface area (Å²) in [6.07, 6.45) is 0.792. The Bertz CT molecular complexity index is 861. The van der Waals surface area contributed by atoms with Crippen molar-refractivity contribution in [2.45, 2.75) is 13.0 Å². The molecule has 3 rings (SSSR count). The lowest BCUT2D eigenvalue weighted by Gasteiger charge is -2.08. The Morgan fingerprint density at radius 2 is 1.52 bits per heavy atom. The van der Waals surface area contributed by atoms with Crippen LogP contribution in [0.3, 0.4) is 0 Å². The fraction of sp³-hybridized carbons (Fsp3) is 0.0952. The van der Waals surface area contributed by atoms with Crippen molar-refractivity contribution in [1.82, 2.24) is 0 Å². The molecule has 3 nitrogen and oxygen atoms in total. The minimum atomic E-state index is -0.569. The average Bonchev–Trinajstić information content (AvgIpc) is 2.64. The molecule has 126 valence electrons. The van der Waals surface area contributed by atoms with Crippen LogP contribution < -0.4 is 5.32 Å². The van der Waals surface area contributed by atoms with Crippen LogP contribution in [0.4, 0.5) is 10.1 Å². The van der Waals surface area contributed by atoms with Crippen LogP contribution in [0.5, 0.6) is 0 Å². The molecule has 3 aromatic carbocycles. The van der Waals surface area contributed by atoms with Gasteiger partial charge in [0.15, 0.2) is 0 Å². The zero-order chi connectivity index (χ0) is 17.6. The van der Waals surface area contributed by atoms with Crippen LogP contribution in [0.25, 0.3) is 0 Å². The Morgan fingerprint density at radius 3 is 2.16 bits per heavy atom. The molecule has 0 aliphatic heterocycles. The number of benzene rings is 3. The third kappa shape index (κ3) is 4.31. The molecule has 0 bridgehead atoms. The zero-order valence-corrected chi connectivity index (χ0v) is 13.6. The standard InChI is InChI=1S/C21H18FNO2/c22-19-13-17(14-24)8-11-20(19)23-21(25)18-9-6-16(7-10-18)12-15-4-2-1-3-5-15/h1-11,13,24H,12,14H2,(H,23,25). The summed E-state index contributed by atoms with van der Waals surface area (Å²) in [5.41, 5.74) is 3.31. The molecule has 0 aromatic heterocycles. The Labute approximate surface area is 145 Å². The first-order chi connectivity index (χ1) is 12.2. The van der Waals surface area contributed by atoms with Crippen LogP contribution in [0.15, 0.2) is 72.8 Å². The van der Waals surface area contributed by atoms with E-state index in [0.29, 0.717) is 11.1 Å². The van der Waals surface area contributed by atoms with Gasteiger partial charge in [-0.05, 0) is 47.4 Å². The fourth-order valence-electron chi connectivity index (χ4n) is 2.56. The maximum atomic E-state index is 13.9. The summed E-state index contributed by atoms with van der Waals surface area (Å²) in [6.45, 7) is -0.242. The highest BCUT2D eigenvalue weighted by Crippen LogP contribution is 2.17. The monoisotopic (exact) mass is 335 g/mol. The van der Waals surface area contributed by atoms with Crippen LogP contribution in [0, 0.1) is 5.82 Å².